The van der Waals surface area contributed by atoms with Crippen LogP contribution in [0, 0.1) is 0 Å². The van der Waals surface area contributed by atoms with Gasteiger partial charge in [0, 0.05) is 10.8 Å². The van der Waals surface area contributed by atoms with Gasteiger partial charge in [0.2, 0.25) is 0 Å². The van der Waals surface area contributed by atoms with Crippen molar-refractivity contribution in [1.82, 2.24) is 0 Å². The fourth-order valence-corrected chi connectivity index (χ4v) is 4.77. The Bertz CT molecular complexity index is 1270. The van der Waals surface area contributed by atoms with Crippen LogP contribution in [0.2, 0.25) is 0 Å². The highest BCUT2D eigenvalue weighted by molar-refractivity contribution is 7.87. The van der Waals surface area contributed by atoms with E-state index in [0.717, 1.165) is 25.0 Å². The third-order valence-electron chi connectivity index (χ3n) is 4.48. The minimum absolute atomic E-state index is 0.211. The van der Waals surface area contributed by atoms with E-state index in [-0.39, 0.29) is 9.79 Å². The number of benzene rings is 4. The van der Waals surface area contributed by atoms with E-state index in [1.807, 2.05) is 36.4 Å². The Morgan fingerprint density at radius 2 is 0.833 bits per heavy atom. The van der Waals surface area contributed by atoms with Crippen molar-refractivity contribution in [3.63, 3.8) is 0 Å². The maximum atomic E-state index is 11.6. The van der Waals surface area contributed by atoms with Crippen LogP contribution in [-0.2, 0) is 28.6 Å². The zero-order valence-corrected chi connectivity index (χ0v) is 18.0. The van der Waals surface area contributed by atoms with E-state index in [1.165, 1.54) is 0 Å². The summed E-state index contributed by atoms with van der Waals surface area (Å²) in [6.45, 7) is 0. The predicted molar refractivity (Wildman–Crippen MR) is 116 cm³/mol. The molecular formula is C22H20O6S2. The number of hydrogen-bond donors (Lipinski definition) is 0. The van der Waals surface area contributed by atoms with E-state index in [2.05, 4.69) is 8.37 Å². The molecule has 0 spiro atoms. The van der Waals surface area contributed by atoms with Gasteiger partial charge in [0.15, 0.2) is 0 Å². The molecule has 0 aromatic heterocycles. The molecule has 4 aromatic carbocycles. The molecule has 0 amide bonds. The van der Waals surface area contributed by atoms with Crippen LogP contribution >= 0.6 is 0 Å². The Hall–Kier alpha value is -2.78. The fraction of sp³-hybridized carbons (Fsp3) is 0.0909. The van der Waals surface area contributed by atoms with E-state index < -0.39 is 20.2 Å². The second kappa shape index (κ2) is 8.93. The van der Waals surface area contributed by atoms with Gasteiger partial charge in [0.1, 0.15) is 9.79 Å². The molecule has 0 bridgehead atoms. The van der Waals surface area contributed by atoms with Gasteiger partial charge in [0.25, 0.3) is 20.2 Å². The molecule has 0 saturated heterocycles. The molecule has 0 saturated carbocycles. The van der Waals surface area contributed by atoms with E-state index in [1.54, 1.807) is 48.5 Å². The summed E-state index contributed by atoms with van der Waals surface area (Å²) < 4.78 is 55.4. The normalized spacial score (nSPS) is 11.8. The van der Waals surface area contributed by atoms with E-state index in [0.29, 0.717) is 10.8 Å². The lowest BCUT2D eigenvalue weighted by Gasteiger charge is -2.05. The molecule has 0 N–H and O–H groups in total. The molecular weight excluding hydrogens is 424 g/mol. The summed E-state index contributed by atoms with van der Waals surface area (Å²) in [6.07, 6.45) is 0. The van der Waals surface area contributed by atoms with Gasteiger partial charge in [-0.1, -0.05) is 72.8 Å². The zero-order chi connectivity index (χ0) is 21.8. The summed E-state index contributed by atoms with van der Waals surface area (Å²) in [5.74, 6) is 0. The molecule has 0 unspecified atom stereocenters. The molecule has 0 fully saturated rings. The van der Waals surface area contributed by atoms with Gasteiger partial charge in [-0.15, -0.1) is 0 Å². The van der Waals surface area contributed by atoms with Gasteiger partial charge in [0.05, 0.1) is 14.2 Å². The first-order valence-corrected chi connectivity index (χ1v) is 11.7. The molecule has 0 heterocycles. The Labute approximate surface area is 175 Å². The van der Waals surface area contributed by atoms with Crippen molar-refractivity contribution in [3.05, 3.63) is 84.9 Å². The van der Waals surface area contributed by atoms with Crippen LogP contribution in [0.5, 0.6) is 0 Å². The Kier molecular flexibility index (Phi) is 6.52. The Balaban J connectivity index is 0.000000171. The van der Waals surface area contributed by atoms with Crippen molar-refractivity contribution in [2.45, 2.75) is 9.79 Å². The quantitative estimate of drug-likeness (QED) is 0.435. The number of rotatable bonds is 4. The molecule has 4 aromatic rings. The van der Waals surface area contributed by atoms with Crippen LogP contribution in [0.1, 0.15) is 0 Å². The molecule has 0 aliphatic heterocycles. The number of fused-ring (bicyclic) bond motifs is 2. The van der Waals surface area contributed by atoms with Crippen molar-refractivity contribution in [2.24, 2.45) is 0 Å². The van der Waals surface area contributed by atoms with Crippen molar-refractivity contribution in [1.29, 1.82) is 0 Å². The van der Waals surface area contributed by atoms with Gasteiger partial charge in [-0.05, 0) is 22.9 Å². The predicted octanol–water partition coefficient (Wildman–Crippen LogP) is 4.35. The van der Waals surface area contributed by atoms with Crippen LogP contribution in [0.25, 0.3) is 21.5 Å². The first-order valence-electron chi connectivity index (χ1n) is 8.87. The van der Waals surface area contributed by atoms with Crippen LogP contribution in [0.3, 0.4) is 0 Å². The maximum absolute atomic E-state index is 11.6. The second-order valence-electron chi connectivity index (χ2n) is 6.20. The van der Waals surface area contributed by atoms with Crippen LogP contribution in [0.4, 0.5) is 0 Å². The topological polar surface area (TPSA) is 86.7 Å². The number of hydrogen-bond acceptors (Lipinski definition) is 6. The minimum atomic E-state index is -3.62. The largest absolute Gasteiger partial charge is 0.297 e. The molecule has 8 heteroatoms. The van der Waals surface area contributed by atoms with E-state index in [4.69, 9.17) is 0 Å². The molecule has 0 aliphatic carbocycles. The van der Waals surface area contributed by atoms with Gasteiger partial charge in [-0.25, -0.2) is 0 Å². The average molecular weight is 445 g/mol. The van der Waals surface area contributed by atoms with Crippen LogP contribution < -0.4 is 0 Å². The smallest absolute Gasteiger partial charge is 0.270 e. The summed E-state index contributed by atoms with van der Waals surface area (Å²) in [7, 11) is -4.92. The lowest BCUT2D eigenvalue weighted by atomic mass is 10.1. The maximum Gasteiger partial charge on any atom is 0.297 e. The van der Waals surface area contributed by atoms with Gasteiger partial charge < -0.3 is 0 Å². The highest BCUT2D eigenvalue weighted by Crippen LogP contribution is 2.24. The lowest BCUT2D eigenvalue weighted by molar-refractivity contribution is 0.397. The van der Waals surface area contributed by atoms with Gasteiger partial charge >= 0.3 is 0 Å². The molecule has 0 atom stereocenters. The first kappa shape index (κ1) is 21.9. The van der Waals surface area contributed by atoms with Crippen LogP contribution in [0.15, 0.2) is 94.7 Å². The Morgan fingerprint density at radius 1 is 0.500 bits per heavy atom. The highest BCUT2D eigenvalue weighted by Gasteiger charge is 2.16. The third-order valence-corrected chi connectivity index (χ3v) is 7.14. The van der Waals surface area contributed by atoms with Crippen molar-refractivity contribution < 1.29 is 25.2 Å². The van der Waals surface area contributed by atoms with Crippen molar-refractivity contribution in [2.75, 3.05) is 14.2 Å². The minimum Gasteiger partial charge on any atom is -0.270 e. The summed E-state index contributed by atoms with van der Waals surface area (Å²) >= 11 is 0. The molecule has 0 radical (unpaired) electrons. The standard InChI is InChI=1S/2C11H10O3S/c2*1-14-15(12,13)11-8-4-6-9-5-2-3-7-10(9)11/h2*2-8H,1H3. The van der Waals surface area contributed by atoms with Crippen molar-refractivity contribution >= 4 is 41.8 Å². The summed E-state index contributed by atoms with van der Waals surface area (Å²) in [4.78, 5) is 0.422. The highest BCUT2D eigenvalue weighted by atomic mass is 32.2. The third kappa shape index (κ3) is 4.52. The first-order chi connectivity index (χ1) is 14.3. The molecule has 156 valence electrons. The summed E-state index contributed by atoms with van der Waals surface area (Å²) in [5.41, 5.74) is 0. The van der Waals surface area contributed by atoms with Gasteiger partial charge in [-0.3, -0.25) is 8.37 Å². The zero-order valence-electron chi connectivity index (χ0n) is 16.3. The molecule has 0 aliphatic rings. The van der Waals surface area contributed by atoms with E-state index in [9.17, 15) is 16.8 Å². The van der Waals surface area contributed by atoms with Crippen LogP contribution in [-0.4, -0.2) is 31.1 Å². The molecule has 4 rings (SSSR count). The van der Waals surface area contributed by atoms with E-state index >= 15 is 0 Å². The molecule has 30 heavy (non-hydrogen) atoms. The summed E-state index contributed by atoms with van der Waals surface area (Å²) in [6, 6.07) is 24.8. The van der Waals surface area contributed by atoms with Gasteiger partial charge in [-0.2, -0.15) is 16.8 Å². The molecule has 6 nitrogen and oxygen atoms in total. The lowest BCUT2D eigenvalue weighted by Crippen LogP contribution is -2.03. The SMILES string of the molecule is COS(=O)(=O)c1cccc2ccccc12.COS(=O)(=O)c1cccc2ccccc12. The second-order valence-corrected chi connectivity index (χ2v) is 9.56. The fourth-order valence-electron chi connectivity index (χ4n) is 3.01. The Morgan fingerprint density at radius 3 is 1.20 bits per heavy atom. The average Bonchev–Trinajstić information content (AvgIpc) is 2.78. The summed E-state index contributed by atoms with van der Waals surface area (Å²) in [5, 5.41) is 3.13. The monoisotopic (exact) mass is 444 g/mol. The van der Waals surface area contributed by atoms with Crippen molar-refractivity contribution in [3.8, 4) is 0 Å².